The Bertz CT molecular complexity index is 3090. The van der Waals surface area contributed by atoms with Crippen LogP contribution in [0.15, 0.2) is 182 Å². The Morgan fingerprint density at radius 1 is 0.240 bits per heavy atom. The fourth-order valence-corrected chi connectivity index (χ4v) is 8.54. The minimum atomic E-state index is 1.16. The molecule has 0 saturated heterocycles. The summed E-state index contributed by atoms with van der Waals surface area (Å²) in [5, 5.41) is 12.9. The van der Waals surface area contributed by atoms with Gasteiger partial charge in [-0.3, -0.25) is 0 Å². The van der Waals surface area contributed by atoms with Crippen LogP contribution in [0, 0.1) is 0 Å². The summed E-state index contributed by atoms with van der Waals surface area (Å²) in [7, 11) is 0. The van der Waals surface area contributed by atoms with Gasteiger partial charge < -0.3 is 9.13 Å². The van der Waals surface area contributed by atoms with E-state index in [1.54, 1.807) is 0 Å². The van der Waals surface area contributed by atoms with Crippen molar-refractivity contribution in [3.63, 3.8) is 0 Å². The van der Waals surface area contributed by atoms with E-state index in [0.29, 0.717) is 0 Å². The Labute approximate surface area is 288 Å². The molecule has 0 bridgehead atoms. The number of rotatable bonds is 3. The van der Waals surface area contributed by atoms with Crippen LogP contribution in [-0.2, 0) is 0 Å². The van der Waals surface area contributed by atoms with Crippen LogP contribution in [-0.4, -0.2) is 9.13 Å². The molecule has 0 radical (unpaired) electrons. The number of hydrogen-bond donors (Lipinski definition) is 0. The van der Waals surface area contributed by atoms with E-state index in [1.807, 2.05) is 0 Å². The van der Waals surface area contributed by atoms with E-state index in [2.05, 4.69) is 191 Å². The number of nitrogens with zero attached hydrogens (tertiary/aromatic N) is 2. The van der Waals surface area contributed by atoms with Gasteiger partial charge in [-0.1, -0.05) is 127 Å². The van der Waals surface area contributed by atoms with Gasteiger partial charge in [0.2, 0.25) is 0 Å². The highest BCUT2D eigenvalue weighted by Crippen LogP contribution is 2.44. The molecule has 232 valence electrons. The van der Waals surface area contributed by atoms with Crippen LogP contribution in [0.1, 0.15) is 0 Å². The zero-order valence-corrected chi connectivity index (χ0v) is 27.2. The summed E-state index contributed by atoms with van der Waals surface area (Å²) in [6, 6.07) is 66.7. The maximum atomic E-state index is 2.45. The summed E-state index contributed by atoms with van der Waals surface area (Å²) < 4.78 is 4.86. The highest BCUT2D eigenvalue weighted by molar-refractivity contribution is 6.29. The molecule has 2 nitrogen and oxygen atoms in total. The van der Waals surface area contributed by atoms with Gasteiger partial charge in [0.05, 0.1) is 22.1 Å². The Morgan fingerprint density at radius 2 is 0.640 bits per heavy atom. The van der Waals surface area contributed by atoms with Crippen molar-refractivity contribution in [3.8, 4) is 22.5 Å². The SMILES string of the molecule is c1ccc(-n2c3ccccc3c3c4c5ccc(-c6ccc7c8ccccc8c8ccccc8c7c6)cc5n(-c5ccccc5)c4ccc32)cc1. The fraction of sp³-hybridized carbons (Fsp3) is 0. The van der Waals surface area contributed by atoms with Crippen molar-refractivity contribution in [1.29, 1.82) is 0 Å². The normalized spacial score (nSPS) is 12.0. The van der Waals surface area contributed by atoms with Gasteiger partial charge in [0.1, 0.15) is 0 Å². The van der Waals surface area contributed by atoms with Crippen molar-refractivity contribution < 1.29 is 0 Å². The standard InChI is InChI=1S/C48H30N2/c1-3-13-33(14-4-1)49-43-22-12-11-21-40(43)47-44(49)27-28-45-48(47)41-26-24-32(30-46(41)50(45)34-15-5-2-6-16-34)31-23-25-39-37-19-8-7-17-35(37)36-18-9-10-20-38(36)42(39)29-31/h1-30H. The minimum absolute atomic E-state index is 1.16. The number of para-hydroxylation sites is 3. The highest BCUT2D eigenvalue weighted by Gasteiger charge is 2.21. The molecule has 50 heavy (non-hydrogen) atoms. The molecule has 0 atom stereocenters. The summed E-state index contributed by atoms with van der Waals surface area (Å²) in [4.78, 5) is 0. The number of fused-ring (bicyclic) bond motifs is 13. The molecule has 0 aliphatic carbocycles. The van der Waals surface area contributed by atoms with Crippen LogP contribution in [0.4, 0.5) is 0 Å². The van der Waals surface area contributed by atoms with E-state index >= 15 is 0 Å². The van der Waals surface area contributed by atoms with E-state index < -0.39 is 0 Å². The summed E-state index contributed by atoms with van der Waals surface area (Å²) in [5.74, 6) is 0. The largest absolute Gasteiger partial charge is 0.309 e. The van der Waals surface area contributed by atoms with Crippen LogP contribution in [0.5, 0.6) is 0 Å². The van der Waals surface area contributed by atoms with Crippen molar-refractivity contribution >= 4 is 75.9 Å². The molecule has 0 saturated carbocycles. The molecular weight excluding hydrogens is 605 g/mol. The number of aromatic nitrogens is 2. The number of benzene rings is 9. The third kappa shape index (κ3) is 3.79. The molecule has 0 spiro atoms. The predicted molar refractivity (Wildman–Crippen MR) is 213 cm³/mol. The van der Waals surface area contributed by atoms with Crippen molar-refractivity contribution in [1.82, 2.24) is 9.13 Å². The molecule has 2 heterocycles. The van der Waals surface area contributed by atoms with Gasteiger partial charge in [-0.25, -0.2) is 0 Å². The van der Waals surface area contributed by atoms with E-state index in [-0.39, 0.29) is 0 Å². The summed E-state index contributed by atoms with van der Waals surface area (Å²) in [6.45, 7) is 0. The molecule has 0 N–H and O–H groups in total. The van der Waals surface area contributed by atoms with Crippen molar-refractivity contribution in [2.45, 2.75) is 0 Å². The molecule has 11 rings (SSSR count). The van der Waals surface area contributed by atoms with Crippen LogP contribution in [0.25, 0.3) is 98.4 Å². The van der Waals surface area contributed by atoms with Crippen molar-refractivity contribution in [3.05, 3.63) is 182 Å². The molecule has 9 aromatic carbocycles. The van der Waals surface area contributed by atoms with Crippen LogP contribution in [0.3, 0.4) is 0 Å². The average molecular weight is 635 g/mol. The number of hydrogen-bond acceptors (Lipinski definition) is 0. The molecule has 0 unspecified atom stereocenters. The maximum absolute atomic E-state index is 2.45. The lowest BCUT2D eigenvalue weighted by Crippen LogP contribution is -1.94. The van der Waals surface area contributed by atoms with Gasteiger partial charge in [0, 0.05) is 32.9 Å². The first kappa shape index (κ1) is 27.3. The molecular formula is C48H30N2. The van der Waals surface area contributed by atoms with Crippen molar-refractivity contribution in [2.24, 2.45) is 0 Å². The van der Waals surface area contributed by atoms with Gasteiger partial charge in [0.15, 0.2) is 0 Å². The third-order valence-corrected chi connectivity index (χ3v) is 10.7. The van der Waals surface area contributed by atoms with Gasteiger partial charge in [-0.2, -0.15) is 0 Å². The first-order valence-corrected chi connectivity index (χ1v) is 17.3. The molecule has 0 fully saturated rings. The quantitative estimate of drug-likeness (QED) is 0.171. The Morgan fingerprint density at radius 3 is 1.22 bits per heavy atom. The molecule has 0 amide bonds. The second-order valence-corrected chi connectivity index (χ2v) is 13.3. The molecule has 11 aromatic rings. The maximum Gasteiger partial charge on any atom is 0.0548 e. The lowest BCUT2D eigenvalue weighted by atomic mass is 9.92. The smallest absolute Gasteiger partial charge is 0.0548 e. The molecule has 2 heteroatoms. The monoisotopic (exact) mass is 634 g/mol. The molecule has 2 aromatic heterocycles. The fourth-order valence-electron chi connectivity index (χ4n) is 8.54. The average Bonchev–Trinajstić information content (AvgIpc) is 3.71. The lowest BCUT2D eigenvalue weighted by molar-refractivity contribution is 1.17. The summed E-state index contributed by atoms with van der Waals surface area (Å²) in [5.41, 5.74) is 9.61. The van der Waals surface area contributed by atoms with Crippen molar-refractivity contribution in [2.75, 3.05) is 0 Å². The third-order valence-electron chi connectivity index (χ3n) is 10.7. The van der Waals surface area contributed by atoms with Gasteiger partial charge >= 0.3 is 0 Å². The van der Waals surface area contributed by atoms with E-state index in [9.17, 15) is 0 Å². The van der Waals surface area contributed by atoms with Crippen LogP contribution in [0.2, 0.25) is 0 Å². The first-order chi connectivity index (χ1) is 24.8. The minimum Gasteiger partial charge on any atom is -0.309 e. The van der Waals surface area contributed by atoms with E-state index in [1.165, 1.54) is 92.7 Å². The van der Waals surface area contributed by atoms with E-state index in [4.69, 9.17) is 0 Å². The predicted octanol–water partition coefficient (Wildman–Crippen LogP) is 13.0. The topological polar surface area (TPSA) is 9.86 Å². The lowest BCUT2D eigenvalue weighted by Gasteiger charge is -2.12. The van der Waals surface area contributed by atoms with Gasteiger partial charge in [-0.05, 0) is 98.0 Å². The van der Waals surface area contributed by atoms with Gasteiger partial charge in [-0.15, -0.1) is 0 Å². The Hall–Kier alpha value is -6.64. The van der Waals surface area contributed by atoms with Gasteiger partial charge in [0.25, 0.3) is 0 Å². The first-order valence-electron chi connectivity index (χ1n) is 17.3. The van der Waals surface area contributed by atoms with Crippen LogP contribution < -0.4 is 0 Å². The zero-order chi connectivity index (χ0) is 32.8. The summed E-state index contributed by atoms with van der Waals surface area (Å²) >= 11 is 0. The molecule has 0 aliphatic rings. The molecule has 0 aliphatic heterocycles. The summed E-state index contributed by atoms with van der Waals surface area (Å²) in [6.07, 6.45) is 0. The zero-order valence-electron chi connectivity index (χ0n) is 27.2. The Kier molecular flexibility index (Phi) is 5.70. The van der Waals surface area contributed by atoms with Crippen LogP contribution >= 0.6 is 0 Å². The second kappa shape index (κ2) is 10.4. The van der Waals surface area contributed by atoms with E-state index in [0.717, 1.165) is 5.69 Å². The highest BCUT2D eigenvalue weighted by atomic mass is 15.0. The second-order valence-electron chi connectivity index (χ2n) is 13.3. The Balaban J connectivity index is 1.23.